The SMILES string of the molecule is CSc1ccccc1-c1ccc(C(=O)N(C)CC2(F)CCCCC2)c(S(C)(=O)=O)c1. The van der Waals surface area contributed by atoms with Gasteiger partial charge in [-0.3, -0.25) is 4.79 Å². The van der Waals surface area contributed by atoms with Crippen LogP contribution in [0.2, 0.25) is 0 Å². The molecule has 0 spiro atoms. The Labute approximate surface area is 182 Å². The first-order valence-corrected chi connectivity index (χ1v) is 13.2. The second-order valence-corrected chi connectivity index (χ2v) is 10.9. The molecular weight excluding hydrogens is 421 g/mol. The maximum Gasteiger partial charge on any atom is 0.255 e. The molecule has 2 aromatic rings. The molecule has 0 saturated heterocycles. The molecule has 0 bridgehead atoms. The number of halogens is 1. The first kappa shape index (κ1) is 22.8. The minimum absolute atomic E-state index is 0.0217. The van der Waals surface area contributed by atoms with Crippen LogP contribution in [-0.4, -0.2) is 51.0 Å². The fraction of sp³-hybridized carbons (Fsp3) is 0.435. The van der Waals surface area contributed by atoms with E-state index < -0.39 is 21.4 Å². The van der Waals surface area contributed by atoms with Crippen molar-refractivity contribution in [2.45, 2.75) is 47.6 Å². The van der Waals surface area contributed by atoms with Crippen molar-refractivity contribution in [3.05, 3.63) is 48.0 Å². The maximum atomic E-state index is 15.1. The minimum Gasteiger partial charge on any atom is -0.338 e. The number of hydrogen-bond donors (Lipinski definition) is 0. The number of nitrogens with zero attached hydrogens (tertiary/aromatic N) is 1. The summed E-state index contributed by atoms with van der Waals surface area (Å²) in [6, 6.07) is 12.6. The molecule has 162 valence electrons. The van der Waals surface area contributed by atoms with Crippen molar-refractivity contribution in [2.75, 3.05) is 26.1 Å². The monoisotopic (exact) mass is 449 g/mol. The summed E-state index contributed by atoms with van der Waals surface area (Å²) in [4.78, 5) is 15.4. The van der Waals surface area contributed by atoms with E-state index in [0.717, 1.165) is 41.5 Å². The van der Waals surface area contributed by atoms with Gasteiger partial charge in [0, 0.05) is 18.2 Å². The van der Waals surface area contributed by atoms with Crippen LogP contribution in [0.25, 0.3) is 11.1 Å². The van der Waals surface area contributed by atoms with Gasteiger partial charge < -0.3 is 4.90 Å². The first-order valence-electron chi connectivity index (χ1n) is 10.1. The Kier molecular flexibility index (Phi) is 6.92. The lowest BCUT2D eigenvalue weighted by Crippen LogP contribution is -2.42. The van der Waals surface area contributed by atoms with Crippen molar-refractivity contribution in [1.29, 1.82) is 0 Å². The van der Waals surface area contributed by atoms with Gasteiger partial charge in [-0.25, -0.2) is 12.8 Å². The molecule has 0 atom stereocenters. The molecule has 0 radical (unpaired) electrons. The van der Waals surface area contributed by atoms with E-state index in [-0.39, 0.29) is 17.0 Å². The Balaban J connectivity index is 1.97. The molecule has 0 N–H and O–H groups in total. The number of rotatable bonds is 6. The van der Waals surface area contributed by atoms with Gasteiger partial charge in [-0.05, 0) is 48.4 Å². The van der Waals surface area contributed by atoms with Gasteiger partial charge in [0.2, 0.25) is 0 Å². The van der Waals surface area contributed by atoms with Crippen LogP contribution in [0.4, 0.5) is 4.39 Å². The smallest absolute Gasteiger partial charge is 0.255 e. The summed E-state index contributed by atoms with van der Waals surface area (Å²) in [5.74, 6) is -0.470. The summed E-state index contributed by atoms with van der Waals surface area (Å²) in [7, 11) is -2.12. The van der Waals surface area contributed by atoms with Crippen LogP contribution in [0.1, 0.15) is 42.5 Å². The lowest BCUT2D eigenvalue weighted by molar-refractivity contribution is 0.0483. The predicted molar refractivity (Wildman–Crippen MR) is 121 cm³/mol. The summed E-state index contributed by atoms with van der Waals surface area (Å²) in [5.41, 5.74) is 0.330. The molecule has 0 aromatic heterocycles. The van der Waals surface area contributed by atoms with Gasteiger partial charge >= 0.3 is 0 Å². The molecule has 1 aliphatic rings. The van der Waals surface area contributed by atoms with Crippen LogP contribution in [0.3, 0.4) is 0 Å². The van der Waals surface area contributed by atoms with E-state index in [4.69, 9.17) is 0 Å². The van der Waals surface area contributed by atoms with Crippen LogP contribution >= 0.6 is 11.8 Å². The number of carbonyl (C=O) groups is 1. The molecule has 30 heavy (non-hydrogen) atoms. The highest BCUT2D eigenvalue weighted by atomic mass is 32.2. The van der Waals surface area contributed by atoms with Gasteiger partial charge in [0.15, 0.2) is 9.84 Å². The molecule has 4 nitrogen and oxygen atoms in total. The minimum atomic E-state index is -3.66. The Morgan fingerprint density at radius 1 is 1.13 bits per heavy atom. The second kappa shape index (κ2) is 9.10. The zero-order chi connectivity index (χ0) is 21.9. The van der Waals surface area contributed by atoms with E-state index in [1.54, 1.807) is 37.0 Å². The van der Waals surface area contributed by atoms with Crippen molar-refractivity contribution >= 4 is 27.5 Å². The van der Waals surface area contributed by atoms with Crippen molar-refractivity contribution in [1.82, 2.24) is 4.90 Å². The number of benzene rings is 2. The quantitative estimate of drug-likeness (QED) is 0.567. The van der Waals surface area contributed by atoms with Gasteiger partial charge in [-0.1, -0.05) is 43.5 Å². The zero-order valence-corrected chi connectivity index (χ0v) is 19.3. The molecule has 2 aromatic carbocycles. The molecule has 1 fully saturated rings. The number of hydrogen-bond acceptors (Lipinski definition) is 4. The fourth-order valence-electron chi connectivity index (χ4n) is 4.10. The summed E-state index contributed by atoms with van der Waals surface area (Å²) in [6.07, 6.45) is 6.58. The second-order valence-electron chi connectivity index (χ2n) is 8.06. The highest BCUT2D eigenvalue weighted by Gasteiger charge is 2.35. The van der Waals surface area contributed by atoms with E-state index >= 15 is 4.39 Å². The van der Waals surface area contributed by atoms with Gasteiger partial charge in [0.1, 0.15) is 5.67 Å². The standard InChI is InChI=1S/C23H28FNO3S2/c1-25(16-23(24)13-7-4-8-14-23)22(26)19-12-11-17(15-21(19)30(3,27)28)18-9-5-6-10-20(18)29-2/h5-6,9-12,15H,4,7-8,13-14,16H2,1-3H3. The third kappa shape index (κ3) is 5.06. The predicted octanol–water partition coefficient (Wildman–Crippen LogP) is 5.22. The van der Waals surface area contributed by atoms with Crippen LogP contribution in [0, 0.1) is 0 Å². The van der Waals surface area contributed by atoms with Crippen molar-refractivity contribution in [3.8, 4) is 11.1 Å². The van der Waals surface area contributed by atoms with Crippen LogP contribution in [-0.2, 0) is 9.84 Å². The molecule has 1 aliphatic carbocycles. The number of alkyl halides is 1. The van der Waals surface area contributed by atoms with Crippen LogP contribution in [0.15, 0.2) is 52.3 Å². The van der Waals surface area contributed by atoms with Crippen LogP contribution < -0.4 is 0 Å². The molecule has 3 rings (SSSR count). The van der Waals surface area contributed by atoms with E-state index in [9.17, 15) is 13.2 Å². The zero-order valence-electron chi connectivity index (χ0n) is 17.7. The third-order valence-corrected chi connectivity index (χ3v) is 7.58. The third-order valence-electron chi connectivity index (χ3n) is 5.65. The summed E-state index contributed by atoms with van der Waals surface area (Å²) in [5, 5.41) is 0. The maximum absolute atomic E-state index is 15.1. The van der Waals surface area contributed by atoms with Crippen molar-refractivity contribution < 1.29 is 17.6 Å². The van der Waals surface area contributed by atoms with Gasteiger partial charge in [0.05, 0.1) is 17.0 Å². The fourth-order valence-corrected chi connectivity index (χ4v) is 5.62. The normalized spacial score (nSPS) is 16.3. The van der Waals surface area contributed by atoms with E-state index in [1.165, 1.54) is 4.90 Å². The highest BCUT2D eigenvalue weighted by Crippen LogP contribution is 2.34. The van der Waals surface area contributed by atoms with Crippen molar-refractivity contribution in [2.24, 2.45) is 0 Å². The van der Waals surface area contributed by atoms with E-state index in [2.05, 4.69) is 0 Å². The molecule has 1 amide bonds. The summed E-state index contributed by atoms with van der Waals surface area (Å²) < 4.78 is 40.1. The van der Waals surface area contributed by atoms with Gasteiger partial charge in [-0.2, -0.15) is 0 Å². The first-order chi connectivity index (χ1) is 14.1. The molecular formula is C23H28FNO3S2. The Morgan fingerprint density at radius 3 is 2.43 bits per heavy atom. The highest BCUT2D eigenvalue weighted by molar-refractivity contribution is 7.98. The molecule has 0 aliphatic heterocycles. The van der Waals surface area contributed by atoms with Gasteiger partial charge in [-0.15, -0.1) is 11.8 Å². The van der Waals surface area contributed by atoms with Crippen LogP contribution in [0.5, 0.6) is 0 Å². The number of thioether (sulfide) groups is 1. The number of sulfone groups is 1. The molecule has 0 unspecified atom stereocenters. The average molecular weight is 450 g/mol. The summed E-state index contributed by atoms with van der Waals surface area (Å²) in [6.45, 7) is -0.0217. The molecule has 0 heterocycles. The molecule has 7 heteroatoms. The summed E-state index contributed by atoms with van der Waals surface area (Å²) >= 11 is 1.57. The topological polar surface area (TPSA) is 54.5 Å². The van der Waals surface area contributed by atoms with Gasteiger partial charge in [0.25, 0.3) is 5.91 Å². The largest absolute Gasteiger partial charge is 0.338 e. The lowest BCUT2D eigenvalue weighted by atomic mass is 9.86. The Hall–Kier alpha value is -1.86. The van der Waals surface area contributed by atoms with Crippen molar-refractivity contribution in [3.63, 3.8) is 0 Å². The Morgan fingerprint density at radius 2 is 1.80 bits per heavy atom. The average Bonchev–Trinajstić information content (AvgIpc) is 2.72. The lowest BCUT2D eigenvalue weighted by Gasteiger charge is -2.33. The van der Waals surface area contributed by atoms with E-state index in [1.807, 2.05) is 30.5 Å². The van der Waals surface area contributed by atoms with E-state index in [0.29, 0.717) is 12.8 Å². The number of amides is 1. The molecule has 1 saturated carbocycles. The Bertz CT molecular complexity index is 1030. The number of carbonyl (C=O) groups excluding carboxylic acids is 1.